The van der Waals surface area contributed by atoms with E-state index in [9.17, 15) is 9.90 Å². The molecule has 2 heterocycles. The standard InChI is InChI=1S/C15H21N3O3/c1-10-12(7-16-9-17-10)15(20)18-5-6-21-8-13(18)11-3-2-4-14(11)19/h7,9,11,13-14,19H,2-6,8H2,1H3/t11-,13+,14+/m0/s1. The van der Waals surface area contributed by atoms with Crippen LogP contribution in [-0.2, 0) is 4.74 Å². The molecule has 2 aliphatic rings. The first kappa shape index (κ1) is 14.4. The fourth-order valence-corrected chi connectivity index (χ4v) is 3.40. The molecule has 0 bridgehead atoms. The van der Waals surface area contributed by atoms with Crippen molar-refractivity contribution in [2.75, 3.05) is 19.8 Å². The first-order valence-corrected chi connectivity index (χ1v) is 7.52. The molecule has 3 atom stereocenters. The van der Waals surface area contributed by atoms with E-state index in [4.69, 9.17) is 4.74 Å². The Balaban J connectivity index is 1.84. The number of aliphatic hydroxyl groups excluding tert-OH is 1. The van der Waals surface area contributed by atoms with E-state index in [0.717, 1.165) is 19.3 Å². The number of aromatic nitrogens is 2. The molecule has 1 saturated heterocycles. The third-order valence-corrected chi connectivity index (χ3v) is 4.59. The fourth-order valence-electron chi connectivity index (χ4n) is 3.40. The SMILES string of the molecule is Cc1ncncc1C(=O)N1CCOC[C@@H]1[C@@H]1CCC[C@H]1O. The lowest BCUT2D eigenvalue weighted by Crippen LogP contribution is -2.53. The number of rotatable bonds is 2. The molecule has 0 unspecified atom stereocenters. The molecule has 1 aromatic heterocycles. The second-order valence-electron chi connectivity index (χ2n) is 5.82. The van der Waals surface area contributed by atoms with Crippen LogP contribution in [0.4, 0.5) is 0 Å². The molecular weight excluding hydrogens is 270 g/mol. The van der Waals surface area contributed by atoms with Crippen LogP contribution in [0, 0.1) is 12.8 Å². The van der Waals surface area contributed by atoms with Gasteiger partial charge in [-0.15, -0.1) is 0 Å². The van der Waals surface area contributed by atoms with Crippen LogP contribution in [0.5, 0.6) is 0 Å². The van der Waals surface area contributed by atoms with E-state index in [1.807, 2.05) is 11.8 Å². The van der Waals surface area contributed by atoms with Gasteiger partial charge in [-0.2, -0.15) is 0 Å². The summed E-state index contributed by atoms with van der Waals surface area (Å²) in [4.78, 5) is 22.7. The minimum Gasteiger partial charge on any atom is -0.393 e. The van der Waals surface area contributed by atoms with Gasteiger partial charge in [0.2, 0.25) is 0 Å². The summed E-state index contributed by atoms with van der Waals surface area (Å²) >= 11 is 0. The lowest BCUT2D eigenvalue weighted by molar-refractivity contribution is -0.0384. The number of amides is 1. The van der Waals surface area contributed by atoms with Crippen molar-refractivity contribution in [3.63, 3.8) is 0 Å². The third-order valence-electron chi connectivity index (χ3n) is 4.59. The van der Waals surface area contributed by atoms with Gasteiger partial charge < -0.3 is 14.7 Å². The van der Waals surface area contributed by atoms with Crippen molar-refractivity contribution in [3.8, 4) is 0 Å². The first-order valence-electron chi connectivity index (χ1n) is 7.52. The van der Waals surface area contributed by atoms with E-state index >= 15 is 0 Å². The van der Waals surface area contributed by atoms with Gasteiger partial charge in [0.25, 0.3) is 5.91 Å². The molecule has 3 rings (SSSR count). The first-order chi connectivity index (χ1) is 10.2. The highest BCUT2D eigenvalue weighted by Gasteiger charge is 2.40. The summed E-state index contributed by atoms with van der Waals surface area (Å²) in [5.41, 5.74) is 1.23. The van der Waals surface area contributed by atoms with Crippen LogP contribution in [0.25, 0.3) is 0 Å². The average Bonchev–Trinajstić information content (AvgIpc) is 2.93. The van der Waals surface area contributed by atoms with Gasteiger partial charge in [0.05, 0.1) is 36.6 Å². The number of carbonyl (C=O) groups excluding carboxylic acids is 1. The van der Waals surface area contributed by atoms with Gasteiger partial charge >= 0.3 is 0 Å². The van der Waals surface area contributed by atoms with Crippen LogP contribution in [0.3, 0.4) is 0 Å². The highest BCUT2D eigenvalue weighted by molar-refractivity contribution is 5.95. The lowest BCUT2D eigenvalue weighted by atomic mass is 9.93. The molecular formula is C15H21N3O3. The van der Waals surface area contributed by atoms with Crippen molar-refractivity contribution in [1.82, 2.24) is 14.9 Å². The van der Waals surface area contributed by atoms with E-state index in [1.165, 1.54) is 6.33 Å². The largest absolute Gasteiger partial charge is 0.393 e. The topological polar surface area (TPSA) is 75.6 Å². The minimum absolute atomic E-state index is 0.0524. The fraction of sp³-hybridized carbons (Fsp3) is 0.667. The molecule has 0 aromatic carbocycles. The Kier molecular flexibility index (Phi) is 4.17. The minimum atomic E-state index is -0.333. The van der Waals surface area contributed by atoms with Crippen molar-refractivity contribution in [1.29, 1.82) is 0 Å². The molecule has 1 saturated carbocycles. The molecule has 1 aliphatic carbocycles. The Labute approximate surface area is 124 Å². The van der Waals surface area contributed by atoms with Crippen LogP contribution >= 0.6 is 0 Å². The summed E-state index contributed by atoms with van der Waals surface area (Å²) in [6.07, 6.45) is 5.46. The number of nitrogens with zero attached hydrogens (tertiary/aromatic N) is 3. The van der Waals surface area contributed by atoms with Crippen LogP contribution < -0.4 is 0 Å². The molecule has 6 nitrogen and oxygen atoms in total. The average molecular weight is 291 g/mol. The number of morpholine rings is 1. The van der Waals surface area contributed by atoms with Gasteiger partial charge in [-0.1, -0.05) is 6.42 Å². The monoisotopic (exact) mass is 291 g/mol. The van der Waals surface area contributed by atoms with Gasteiger partial charge in [-0.3, -0.25) is 4.79 Å². The second kappa shape index (κ2) is 6.07. The van der Waals surface area contributed by atoms with Crippen molar-refractivity contribution in [3.05, 3.63) is 23.8 Å². The van der Waals surface area contributed by atoms with E-state index in [-0.39, 0.29) is 24.0 Å². The number of ether oxygens (including phenoxy) is 1. The van der Waals surface area contributed by atoms with Crippen LogP contribution in [0.2, 0.25) is 0 Å². The van der Waals surface area contributed by atoms with Gasteiger partial charge in [0, 0.05) is 18.7 Å². The van der Waals surface area contributed by atoms with Crippen LogP contribution in [-0.4, -0.2) is 57.8 Å². The number of hydrogen-bond acceptors (Lipinski definition) is 5. The van der Waals surface area contributed by atoms with Gasteiger partial charge in [0.1, 0.15) is 6.33 Å². The Morgan fingerprint density at radius 1 is 1.48 bits per heavy atom. The second-order valence-corrected chi connectivity index (χ2v) is 5.82. The maximum Gasteiger partial charge on any atom is 0.257 e. The molecule has 2 fully saturated rings. The molecule has 114 valence electrons. The highest BCUT2D eigenvalue weighted by atomic mass is 16.5. The third kappa shape index (κ3) is 2.78. The normalized spacial score (nSPS) is 29.6. The number of aryl methyl sites for hydroxylation is 1. The summed E-state index contributed by atoms with van der Waals surface area (Å²) in [6.45, 7) is 3.41. The lowest BCUT2D eigenvalue weighted by Gasteiger charge is -2.40. The molecule has 1 aromatic rings. The maximum atomic E-state index is 12.8. The number of hydrogen-bond donors (Lipinski definition) is 1. The van der Waals surface area contributed by atoms with Crippen LogP contribution in [0.1, 0.15) is 35.3 Å². The van der Waals surface area contributed by atoms with Gasteiger partial charge in [-0.25, -0.2) is 9.97 Å². The molecule has 1 amide bonds. The zero-order valence-electron chi connectivity index (χ0n) is 12.2. The van der Waals surface area contributed by atoms with Crippen molar-refractivity contribution in [2.24, 2.45) is 5.92 Å². The van der Waals surface area contributed by atoms with E-state index in [1.54, 1.807) is 6.20 Å². The maximum absolute atomic E-state index is 12.8. The summed E-state index contributed by atoms with van der Waals surface area (Å²) < 4.78 is 5.55. The number of carbonyl (C=O) groups is 1. The predicted octanol–water partition coefficient (Wildman–Crippen LogP) is 0.787. The van der Waals surface area contributed by atoms with Gasteiger partial charge in [0.15, 0.2) is 0 Å². The Hall–Kier alpha value is -1.53. The summed E-state index contributed by atoms with van der Waals surface area (Å²) in [7, 11) is 0. The quantitative estimate of drug-likeness (QED) is 0.872. The molecule has 1 N–H and O–H groups in total. The number of aliphatic hydroxyl groups is 1. The molecule has 0 radical (unpaired) electrons. The van der Waals surface area contributed by atoms with E-state index < -0.39 is 0 Å². The highest BCUT2D eigenvalue weighted by Crippen LogP contribution is 2.32. The summed E-state index contributed by atoms with van der Waals surface area (Å²) in [6, 6.07) is -0.0524. The zero-order valence-corrected chi connectivity index (χ0v) is 12.2. The van der Waals surface area contributed by atoms with Crippen LogP contribution in [0.15, 0.2) is 12.5 Å². The Morgan fingerprint density at radius 3 is 3.05 bits per heavy atom. The summed E-state index contributed by atoms with van der Waals surface area (Å²) in [5.74, 6) is 0.0553. The van der Waals surface area contributed by atoms with Crippen molar-refractivity contribution in [2.45, 2.75) is 38.3 Å². The predicted molar refractivity (Wildman–Crippen MR) is 75.8 cm³/mol. The molecule has 6 heteroatoms. The molecule has 21 heavy (non-hydrogen) atoms. The molecule has 1 aliphatic heterocycles. The Morgan fingerprint density at radius 2 is 2.33 bits per heavy atom. The van der Waals surface area contributed by atoms with Crippen molar-refractivity contribution >= 4 is 5.91 Å². The zero-order chi connectivity index (χ0) is 14.8. The van der Waals surface area contributed by atoms with E-state index in [0.29, 0.717) is 31.0 Å². The Bertz CT molecular complexity index is 523. The smallest absolute Gasteiger partial charge is 0.257 e. The van der Waals surface area contributed by atoms with Gasteiger partial charge in [-0.05, 0) is 19.8 Å². The van der Waals surface area contributed by atoms with Crippen molar-refractivity contribution < 1.29 is 14.6 Å². The summed E-state index contributed by atoms with van der Waals surface area (Å²) in [5, 5.41) is 10.1. The van der Waals surface area contributed by atoms with E-state index in [2.05, 4.69) is 9.97 Å². The molecule has 0 spiro atoms.